The number of carbonyl (C=O) groups excluding carboxylic acids is 1. The summed E-state index contributed by atoms with van der Waals surface area (Å²) in [7, 11) is 0. The molecule has 0 bridgehead atoms. The van der Waals surface area contributed by atoms with Crippen molar-refractivity contribution in [3.63, 3.8) is 0 Å². The molecule has 1 aliphatic heterocycles. The van der Waals surface area contributed by atoms with Crippen LogP contribution in [-0.2, 0) is 6.54 Å². The Kier molecular flexibility index (Phi) is 6.44. The topological polar surface area (TPSA) is 79.5 Å². The van der Waals surface area contributed by atoms with Gasteiger partial charge in [-0.15, -0.1) is 0 Å². The van der Waals surface area contributed by atoms with Gasteiger partial charge < -0.3 is 24.7 Å². The number of H-pyrrole nitrogens is 1. The molecule has 0 saturated carbocycles. The summed E-state index contributed by atoms with van der Waals surface area (Å²) in [6.45, 7) is 4.33. The van der Waals surface area contributed by atoms with Crippen molar-refractivity contribution in [2.45, 2.75) is 25.8 Å². The zero-order valence-electron chi connectivity index (χ0n) is 16.7. The van der Waals surface area contributed by atoms with Crippen LogP contribution in [-0.4, -0.2) is 47.2 Å². The minimum absolute atomic E-state index is 0.243. The van der Waals surface area contributed by atoms with E-state index in [1.54, 1.807) is 24.4 Å². The molecular weight excluding hydrogens is 387 g/mol. The average molecular weight is 412 g/mol. The van der Waals surface area contributed by atoms with E-state index in [0.29, 0.717) is 23.9 Å². The van der Waals surface area contributed by atoms with E-state index < -0.39 is 6.09 Å². The quantitative estimate of drug-likeness (QED) is 0.550. The van der Waals surface area contributed by atoms with E-state index in [2.05, 4.69) is 20.2 Å². The average Bonchev–Trinajstić information content (AvgIpc) is 3.40. The fourth-order valence-electron chi connectivity index (χ4n) is 3.50. The molecule has 0 radical (unpaired) electrons. The Bertz CT molecular complexity index is 984. The number of nitrogens with one attached hydrogen (secondary N) is 2. The molecular formula is C22H25FN4O3. The normalized spacial score (nSPS) is 14.2. The first-order valence-electron chi connectivity index (χ1n) is 10.2. The van der Waals surface area contributed by atoms with E-state index in [1.807, 2.05) is 6.07 Å². The number of nitrogens with zero attached hydrogens (tertiary/aromatic N) is 2. The van der Waals surface area contributed by atoms with Crippen LogP contribution in [0.2, 0.25) is 0 Å². The van der Waals surface area contributed by atoms with Crippen LogP contribution in [0.4, 0.5) is 9.18 Å². The number of pyridine rings is 1. The SMILES string of the molecule is O=C(NCc1ccc(F)cc1)Oc1cc2cc(OCCCN3CCCC3)cnc2[nH]1. The molecule has 1 amide bonds. The van der Waals surface area contributed by atoms with E-state index in [9.17, 15) is 9.18 Å². The monoisotopic (exact) mass is 412 g/mol. The largest absolute Gasteiger partial charge is 0.492 e. The van der Waals surface area contributed by atoms with Gasteiger partial charge in [-0.1, -0.05) is 12.1 Å². The van der Waals surface area contributed by atoms with Gasteiger partial charge in [0.1, 0.15) is 17.2 Å². The number of aromatic nitrogens is 2. The lowest BCUT2D eigenvalue weighted by Crippen LogP contribution is -2.26. The number of hydrogen-bond acceptors (Lipinski definition) is 5. The first-order valence-corrected chi connectivity index (χ1v) is 10.2. The van der Waals surface area contributed by atoms with Crippen LogP contribution in [0, 0.1) is 5.82 Å². The number of aromatic amines is 1. The third-order valence-corrected chi connectivity index (χ3v) is 5.06. The molecule has 1 saturated heterocycles. The molecule has 2 aromatic heterocycles. The number of benzene rings is 1. The van der Waals surface area contributed by atoms with Gasteiger partial charge in [-0.2, -0.15) is 0 Å². The maximum atomic E-state index is 12.9. The van der Waals surface area contributed by atoms with E-state index >= 15 is 0 Å². The van der Waals surface area contributed by atoms with Crippen LogP contribution in [0.15, 0.2) is 42.6 Å². The number of carbonyl (C=O) groups is 1. The molecule has 0 atom stereocenters. The predicted molar refractivity (Wildman–Crippen MR) is 111 cm³/mol. The standard InChI is InChI=1S/C22H25FN4O3/c23-18-6-4-16(5-7-18)14-25-22(28)30-20-13-17-12-19(15-24-21(17)26-20)29-11-3-10-27-8-1-2-9-27/h4-7,12-13,15H,1-3,8-11,14H2,(H,24,26)(H,25,28). The van der Waals surface area contributed by atoms with Crippen molar-refractivity contribution in [3.05, 3.63) is 54.0 Å². The number of fused-ring (bicyclic) bond motifs is 1. The van der Waals surface area contributed by atoms with Crippen molar-refractivity contribution in [1.29, 1.82) is 0 Å². The summed E-state index contributed by atoms with van der Waals surface area (Å²) in [4.78, 5) is 21.8. The van der Waals surface area contributed by atoms with Crippen LogP contribution in [0.1, 0.15) is 24.8 Å². The highest BCUT2D eigenvalue weighted by Crippen LogP contribution is 2.23. The van der Waals surface area contributed by atoms with Crippen LogP contribution < -0.4 is 14.8 Å². The van der Waals surface area contributed by atoms with Gasteiger partial charge in [0.2, 0.25) is 5.88 Å². The van der Waals surface area contributed by atoms with Gasteiger partial charge >= 0.3 is 6.09 Å². The minimum atomic E-state index is -0.607. The van der Waals surface area contributed by atoms with Gasteiger partial charge in [0.05, 0.1) is 12.8 Å². The molecule has 8 heteroatoms. The van der Waals surface area contributed by atoms with Crippen LogP contribution in [0.3, 0.4) is 0 Å². The number of halogens is 1. The number of ether oxygens (including phenoxy) is 2. The molecule has 158 valence electrons. The number of rotatable bonds is 8. The third kappa shape index (κ3) is 5.48. The molecule has 7 nitrogen and oxygen atoms in total. The molecule has 4 rings (SSSR count). The van der Waals surface area contributed by atoms with E-state index in [1.165, 1.54) is 38.1 Å². The molecule has 0 aliphatic carbocycles. The molecule has 0 spiro atoms. The molecule has 0 unspecified atom stereocenters. The summed E-state index contributed by atoms with van der Waals surface area (Å²) in [5.74, 6) is 0.664. The predicted octanol–water partition coefficient (Wildman–Crippen LogP) is 3.86. The van der Waals surface area contributed by atoms with Gasteiger partial charge in [0, 0.05) is 24.5 Å². The minimum Gasteiger partial charge on any atom is -0.492 e. The van der Waals surface area contributed by atoms with Crippen molar-refractivity contribution >= 4 is 17.1 Å². The van der Waals surface area contributed by atoms with E-state index in [0.717, 1.165) is 23.9 Å². The van der Waals surface area contributed by atoms with Crippen molar-refractivity contribution < 1.29 is 18.7 Å². The lowest BCUT2D eigenvalue weighted by atomic mass is 10.2. The van der Waals surface area contributed by atoms with Crippen molar-refractivity contribution in [1.82, 2.24) is 20.2 Å². The highest BCUT2D eigenvalue weighted by atomic mass is 19.1. The summed E-state index contributed by atoms with van der Waals surface area (Å²) in [5.41, 5.74) is 1.39. The van der Waals surface area contributed by atoms with Crippen LogP contribution in [0.5, 0.6) is 11.6 Å². The smallest absolute Gasteiger partial charge is 0.414 e. The Balaban J connectivity index is 1.26. The summed E-state index contributed by atoms with van der Waals surface area (Å²) in [5, 5.41) is 3.43. The molecule has 3 aromatic rings. The van der Waals surface area contributed by atoms with E-state index in [4.69, 9.17) is 9.47 Å². The highest BCUT2D eigenvalue weighted by Gasteiger charge is 2.11. The Labute approximate surface area is 174 Å². The van der Waals surface area contributed by atoms with Gasteiger partial charge in [-0.3, -0.25) is 0 Å². The summed E-state index contributed by atoms with van der Waals surface area (Å²) < 4.78 is 24.0. The number of hydrogen-bond donors (Lipinski definition) is 2. The van der Waals surface area contributed by atoms with Gasteiger partial charge in [0.25, 0.3) is 0 Å². The van der Waals surface area contributed by atoms with Crippen LogP contribution >= 0.6 is 0 Å². The Morgan fingerprint density at radius 3 is 2.80 bits per heavy atom. The van der Waals surface area contributed by atoms with Crippen LogP contribution in [0.25, 0.3) is 11.0 Å². The number of amides is 1. The first kappa shape index (κ1) is 20.2. The summed E-state index contributed by atoms with van der Waals surface area (Å²) in [6, 6.07) is 9.48. The second-order valence-corrected chi connectivity index (χ2v) is 7.36. The summed E-state index contributed by atoms with van der Waals surface area (Å²) >= 11 is 0. The zero-order chi connectivity index (χ0) is 20.8. The van der Waals surface area contributed by atoms with Crippen molar-refractivity contribution in [2.75, 3.05) is 26.2 Å². The van der Waals surface area contributed by atoms with E-state index in [-0.39, 0.29) is 12.4 Å². The molecule has 1 aliphatic rings. The molecule has 30 heavy (non-hydrogen) atoms. The molecule has 2 N–H and O–H groups in total. The summed E-state index contributed by atoms with van der Waals surface area (Å²) in [6.07, 6.45) is 4.62. The second kappa shape index (κ2) is 9.58. The van der Waals surface area contributed by atoms with Crippen molar-refractivity contribution in [3.8, 4) is 11.6 Å². The first-order chi connectivity index (χ1) is 14.7. The fourth-order valence-corrected chi connectivity index (χ4v) is 3.50. The second-order valence-electron chi connectivity index (χ2n) is 7.36. The van der Waals surface area contributed by atoms with Crippen molar-refractivity contribution in [2.24, 2.45) is 0 Å². The zero-order valence-corrected chi connectivity index (χ0v) is 16.7. The Morgan fingerprint density at radius 1 is 1.20 bits per heavy atom. The Morgan fingerprint density at radius 2 is 2.00 bits per heavy atom. The number of likely N-dealkylation sites (tertiary alicyclic amines) is 1. The molecule has 1 fully saturated rings. The Hall–Kier alpha value is -3.13. The molecule has 3 heterocycles. The van der Waals surface area contributed by atoms with Gasteiger partial charge in [0.15, 0.2) is 0 Å². The highest BCUT2D eigenvalue weighted by molar-refractivity contribution is 5.80. The fraction of sp³-hybridized carbons (Fsp3) is 0.364. The lowest BCUT2D eigenvalue weighted by molar-refractivity contribution is 0.198. The maximum absolute atomic E-state index is 12.9. The maximum Gasteiger partial charge on any atom is 0.414 e. The lowest BCUT2D eigenvalue weighted by Gasteiger charge is -2.14. The third-order valence-electron chi connectivity index (χ3n) is 5.06. The van der Waals surface area contributed by atoms with Gasteiger partial charge in [-0.05, 0) is 56.1 Å². The van der Waals surface area contributed by atoms with Gasteiger partial charge in [-0.25, -0.2) is 14.2 Å². The molecule has 1 aromatic carbocycles.